The van der Waals surface area contributed by atoms with E-state index in [1.165, 1.54) is 0 Å². The Hall–Kier alpha value is -0.0200. The van der Waals surface area contributed by atoms with Crippen molar-refractivity contribution in [3.8, 4) is 0 Å². The fourth-order valence-electron chi connectivity index (χ4n) is 1.36. The van der Waals surface area contributed by atoms with Crippen LogP contribution in [0, 0.1) is 0 Å². The highest BCUT2D eigenvalue weighted by atomic mass is 32.3. The van der Waals surface area contributed by atoms with Crippen molar-refractivity contribution in [3.63, 3.8) is 0 Å². The van der Waals surface area contributed by atoms with E-state index in [-0.39, 0.29) is 0 Å². The summed E-state index contributed by atoms with van der Waals surface area (Å²) in [6.07, 6.45) is 2.98. The van der Waals surface area contributed by atoms with Crippen LogP contribution in [-0.4, -0.2) is 42.5 Å². The molecular weight excluding hydrogens is 172 g/mol. The van der Waals surface area contributed by atoms with E-state index in [4.69, 9.17) is 4.74 Å². The molecule has 0 spiro atoms. The van der Waals surface area contributed by atoms with E-state index in [9.17, 15) is 4.79 Å². The van der Waals surface area contributed by atoms with Gasteiger partial charge >= 0.3 is 0 Å². The third-order valence-corrected chi connectivity index (χ3v) is 5.67. The van der Waals surface area contributed by atoms with Crippen LogP contribution in [0.4, 0.5) is 0 Å². The van der Waals surface area contributed by atoms with Gasteiger partial charge in [-0.3, -0.25) is 4.79 Å². The van der Waals surface area contributed by atoms with Crippen LogP contribution in [0.2, 0.25) is 0 Å². The predicted molar refractivity (Wildman–Crippen MR) is 54.2 cm³/mol. The number of ether oxygens (including phenoxy) is 1. The van der Waals surface area contributed by atoms with Crippen molar-refractivity contribution in [2.45, 2.75) is 13.3 Å². The average Bonchev–Trinajstić information content (AvgIpc) is 2.05. The average molecular weight is 190 g/mol. The van der Waals surface area contributed by atoms with Gasteiger partial charge in [0.1, 0.15) is 5.78 Å². The van der Waals surface area contributed by atoms with Crippen molar-refractivity contribution in [1.82, 2.24) is 0 Å². The number of ketones is 1. The maximum absolute atomic E-state index is 11.3. The highest BCUT2D eigenvalue weighted by Crippen LogP contribution is 2.45. The summed E-state index contributed by atoms with van der Waals surface area (Å²) < 4.78 is 5.29. The molecule has 0 bridgehead atoms. The first kappa shape index (κ1) is 10.1. The largest absolute Gasteiger partial charge is 0.380 e. The van der Waals surface area contributed by atoms with Crippen molar-refractivity contribution in [3.05, 3.63) is 0 Å². The van der Waals surface area contributed by atoms with Crippen LogP contribution in [0.15, 0.2) is 0 Å². The van der Waals surface area contributed by atoms with Crippen LogP contribution in [0.3, 0.4) is 0 Å². The molecule has 0 aromatic carbocycles. The SMILES string of the molecule is CCC(=O)CS1(C)CCOCC1. The monoisotopic (exact) mass is 190 g/mol. The topological polar surface area (TPSA) is 26.3 Å². The minimum absolute atomic E-state index is 0.425. The molecule has 2 nitrogen and oxygen atoms in total. The molecular formula is C9H18O2S. The summed E-state index contributed by atoms with van der Waals surface area (Å²) in [6, 6.07) is 0. The molecule has 0 saturated carbocycles. The van der Waals surface area contributed by atoms with Crippen LogP contribution in [0.5, 0.6) is 0 Å². The quantitative estimate of drug-likeness (QED) is 0.673. The zero-order chi connectivity index (χ0) is 9.03. The Kier molecular flexibility index (Phi) is 3.59. The van der Waals surface area contributed by atoms with Gasteiger partial charge in [-0.2, -0.15) is 0 Å². The van der Waals surface area contributed by atoms with Crippen LogP contribution in [0.1, 0.15) is 13.3 Å². The van der Waals surface area contributed by atoms with E-state index < -0.39 is 10.0 Å². The molecule has 0 aromatic heterocycles. The van der Waals surface area contributed by atoms with Gasteiger partial charge in [-0.25, -0.2) is 10.0 Å². The van der Waals surface area contributed by atoms with Gasteiger partial charge in [0.25, 0.3) is 0 Å². The van der Waals surface area contributed by atoms with E-state index >= 15 is 0 Å². The molecule has 0 atom stereocenters. The number of hydrogen-bond acceptors (Lipinski definition) is 2. The van der Waals surface area contributed by atoms with Crippen molar-refractivity contribution in [2.75, 3.05) is 36.7 Å². The minimum Gasteiger partial charge on any atom is -0.380 e. The molecule has 1 saturated heterocycles. The number of Topliss-reactive ketones (excluding diaryl/α,β-unsaturated/α-hetero) is 1. The third kappa shape index (κ3) is 2.79. The summed E-state index contributed by atoms with van der Waals surface area (Å²) in [7, 11) is -0.626. The third-order valence-electron chi connectivity index (χ3n) is 2.34. The highest BCUT2D eigenvalue weighted by molar-refractivity contribution is 8.33. The molecule has 1 fully saturated rings. The Morgan fingerprint density at radius 3 is 2.50 bits per heavy atom. The summed E-state index contributed by atoms with van der Waals surface area (Å²) in [5.74, 6) is 3.50. The van der Waals surface area contributed by atoms with Gasteiger partial charge < -0.3 is 4.74 Å². The molecule has 1 heterocycles. The molecule has 0 amide bonds. The van der Waals surface area contributed by atoms with Crippen molar-refractivity contribution in [2.24, 2.45) is 0 Å². The second-order valence-electron chi connectivity index (χ2n) is 3.54. The van der Waals surface area contributed by atoms with Crippen molar-refractivity contribution in [1.29, 1.82) is 0 Å². The molecule has 0 aliphatic carbocycles. The zero-order valence-corrected chi connectivity index (χ0v) is 8.78. The van der Waals surface area contributed by atoms with Crippen LogP contribution in [-0.2, 0) is 9.53 Å². The lowest BCUT2D eigenvalue weighted by Crippen LogP contribution is -2.27. The molecule has 1 aliphatic rings. The van der Waals surface area contributed by atoms with Gasteiger partial charge in [-0.1, -0.05) is 6.92 Å². The van der Waals surface area contributed by atoms with Crippen LogP contribution < -0.4 is 0 Å². The molecule has 72 valence electrons. The fourth-order valence-corrected chi connectivity index (χ4v) is 3.87. The normalized spacial score (nSPS) is 24.8. The highest BCUT2D eigenvalue weighted by Gasteiger charge is 2.23. The smallest absolute Gasteiger partial charge is 0.140 e. The van der Waals surface area contributed by atoms with Gasteiger partial charge in [0, 0.05) is 23.7 Å². The molecule has 0 aromatic rings. The molecule has 0 radical (unpaired) electrons. The first-order valence-corrected chi connectivity index (χ1v) is 7.02. The van der Waals surface area contributed by atoms with Gasteiger partial charge in [-0.15, -0.1) is 0 Å². The molecule has 12 heavy (non-hydrogen) atoms. The molecule has 0 unspecified atom stereocenters. The second-order valence-corrected chi connectivity index (χ2v) is 7.60. The van der Waals surface area contributed by atoms with Gasteiger partial charge in [-0.05, 0) is 6.26 Å². The Bertz CT molecular complexity index is 162. The Labute approximate surface area is 76.0 Å². The first-order valence-electron chi connectivity index (χ1n) is 4.47. The summed E-state index contributed by atoms with van der Waals surface area (Å²) in [6.45, 7) is 3.68. The number of rotatable bonds is 3. The number of carbonyl (C=O) groups is 1. The van der Waals surface area contributed by atoms with Crippen molar-refractivity contribution >= 4 is 15.8 Å². The Morgan fingerprint density at radius 1 is 1.42 bits per heavy atom. The molecule has 1 aliphatic heterocycles. The summed E-state index contributed by atoms with van der Waals surface area (Å²) in [4.78, 5) is 11.3. The number of hydrogen-bond donors (Lipinski definition) is 0. The first-order chi connectivity index (χ1) is 5.66. The lowest BCUT2D eigenvalue weighted by atomic mass is 10.4. The van der Waals surface area contributed by atoms with Crippen LogP contribution >= 0.6 is 10.0 Å². The Morgan fingerprint density at radius 2 is 2.00 bits per heavy atom. The lowest BCUT2D eigenvalue weighted by molar-refractivity contribution is -0.116. The standard InChI is InChI=1S/C9H18O2S/c1-3-9(10)8-12(2)6-4-11-5-7-12/h3-8H2,1-2H3. The van der Waals surface area contributed by atoms with Crippen LogP contribution in [0.25, 0.3) is 0 Å². The van der Waals surface area contributed by atoms with E-state index in [0.717, 1.165) is 30.5 Å². The second kappa shape index (κ2) is 4.28. The fraction of sp³-hybridized carbons (Fsp3) is 0.889. The van der Waals surface area contributed by atoms with Gasteiger partial charge in [0.2, 0.25) is 0 Å². The van der Waals surface area contributed by atoms with Gasteiger partial charge in [0.05, 0.1) is 13.2 Å². The van der Waals surface area contributed by atoms with E-state index in [1.807, 2.05) is 6.92 Å². The lowest BCUT2D eigenvalue weighted by Gasteiger charge is -2.38. The minimum atomic E-state index is -0.626. The molecule has 1 rings (SSSR count). The summed E-state index contributed by atoms with van der Waals surface area (Å²) in [5, 5.41) is 0. The predicted octanol–water partition coefficient (Wildman–Crippen LogP) is 1.43. The molecule has 0 N–H and O–H groups in total. The maximum Gasteiger partial charge on any atom is 0.140 e. The van der Waals surface area contributed by atoms with E-state index in [1.54, 1.807) is 0 Å². The van der Waals surface area contributed by atoms with E-state index in [0.29, 0.717) is 12.2 Å². The Balaban J connectivity index is 2.41. The molecule has 3 heteroatoms. The van der Waals surface area contributed by atoms with E-state index in [2.05, 4.69) is 6.26 Å². The maximum atomic E-state index is 11.3. The van der Waals surface area contributed by atoms with Crippen molar-refractivity contribution < 1.29 is 9.53 Å². The number of carbonyl (C=O) groups excluding carboxylic acids is 1. The van der Waals surface area contributed by atoms with Gasteiger partial charge in [0.15, 0.2) is 0 Å². The zero-order valence-electron chi connectivity index (χ0n) is 7.97. The summed E-state index contributed by atoms with van der Waals surface area (Å²) >= 11 is 0. The summed E-state index contributed by atoms with van der Waals surface area (Å²) in [5.41, 5.74) is 0.